The van der Waals surface area contributed by atoms with Crippen LogP contribution < -0.4 is 5.73 Å². The number of rotatable bonds is 6. The summed E-state index contributed by atoms with van der Waals surface area (Å²) < 4.78 is 6.64. The summed E-state index contributed by atoms with van der Waals surface area (Å²) in [7, 11) is 1.54. The van der Waals surface area contributed by atoms with E-state index in [0.29, 0.717) is 12.1 Å². The number of benzene rings is 1. The maximum absolute atomic E-state index is 11.4. The number of aromatic nitrogens is 2. The van der Waals surface area contributed by atoms with Crippen molar-refractivity contribution in [1.82, 2.24) is 9.78 Å². The largest absolute Gasteiger partial charge is 0.389 e. The lowest BCUT2D eigenvalue weighted by atomic mass is 10.0. The number of ether oxygens (including phenoxy) is 1. The van der Waals surface area contributed by atoms with E-state index in [2.05, 4.69) is 5.10 Å². The molecule has 22 heavy (non-hydrogen) atoms. The molecule has 3 N–H and O–H groups in total. The fourth-order valence-electron chi connectivity index (χ4n) is 2.33. The molecule has 1 atom stereocenters. The van der Waals surface area contributed by atoms with Gasteiger partial charge in [0.15, 0.2) is 0 Å². The van der Waals surface area contributed by atoms with Gasteiger partial charge in [-0.2, -0.15) is 5.10 Å². The van der Waals surface area contributed by atoms with Crippen molar-refractivity contribution in [3.8, 4) is 11.3 Å². The number of aliphatic hydroxyl groups excluding tert-OH is 1. The lowest BCUT2D eigenvalue weighted by molar-refractivity contribution is 0.0510. The van der Waals surface area contributed by atoms with Crippen LogP contribution >= 0.6 is 0 Å². The van der Waals surface area contributed by atoms with E-state index in [1.807, 2.05) is 32.0 Å². The summed E-state index contributed by atoms with van der Waals surface area (Å²) in [5, 5.41) is 14.3. The molecule has 1 aromatic heterocycles. The fourth-order valence-corrected chi connectivity index (χ4v) is 2.33. The van der Waals surface area contributed by atoms with Crippen LogP contribution in [0.5, 0.6) is 0 Å². The molecule has 0 aliphatic carbocycles. The molecular weight excluding hydrogens is 282 g/mol. The summed E-state index contributed by atoms with van der Waals surface area (Å²) in [6, 6.07) is 7.41. The quantitative estimate of drug-likeness (QED) is 0.841. The smallest absolute Gasteiger partial charge is 0.248 e. The molecule has 1 aromatic carbocycles. The Morgan fingerprint density at radius 2 is 2.14 bits per heavy atom. The van der Waals surface area contributed by atoms with Gasteiger partial charge in [-0.15, -0.1) is 0 Å². The van der Waals surface area contributed by atoms with Crippen LogP contribution in [-0.2, 0) is 11.3 Å². The first-order chi connectivity index (χ1) is 10.4. The number of carbonyl (C=O) groups is 1. The summed E-state index contributed by atoms with van der Waals surface area (Å²) in [6.45, 7) is 4.37. The number of methoxy groups -OCH3 is 1. The van der Waals surface area contributed by atoms with E-state index in [1.165, 1.54) is 0 Å². The number of nitrogens with two attached hydrogens (primary N) is 1. The van der Waals surface area contributed by atoms with Crippen molar-refractivity contribution in [3.63, 3.8) is 0 Å². The van der Waals surface area contributed by atoms with E-state index in [-0.39, 0.29) is 6.61 Å². The van der Waals surface area contributed by atoms with E-state index in [9.17, 15) is 9.90 Å². The molecule has 0 aliphatic heterocycles. The minimum absolute atomic E-state index is 0.255. The van der Waals surface area contributed by atoms with E-state index >= 15 is 0 Å². The summed E-state index contributed by atoms with van der Waals surface area (Å²) in [5.41, 5.74) is 9.20. The Balaban J connectivity index is 2.30. The second-order valence-corrected chi connectivity index (χ2v) is 5.36. The highest BCUT2D eigenvalue weighted by atomic mass is 16.5. The van der Waals surface area contributed by atoms with Crippen LogP contribution in [0, 0.1) is 13.8 Å². The Morgan fingerprint density at radius 1 is 1.41 bits per heavy atom. The number of nitrogens with zero attached hydrogens (tertiary/aromatic N) is 2. The Bertz CT molecular complexity index is 679. The molecule has 1 amide bonds. The lowest BCUT2D eigenvalue weighted by Gasteiger charge is -2.10. The molecule has 0 fully saturated rings. The molecule has 2 aromatic rings. The molecule has 0 aliphatic rings. The highest BCUT2D eigenvalue weighted by molar-refractivity contribution is 5.95. The van der Waals surface area contributed by atoms with E-state index < -0.39 is 12.0 Å². The van der Waals surface area contributed by atoms with Gasteiger partial charge in [0.05, 0.1) is 24.9 Å². The molecule has 2 rings (SSSR count). The van der Waals surface area contributed by atoms with Crippen molar-refractivity contribution < 1.29 is 14.6 Å². The summed E-state index contributed by atoms with van der Waals surface area (Å²) in [6.07, 6.45) is -0.615. The first kappa shape index (κ1) is 16.2. The van der Waals surface area contributed by atoms with Crippen molar-refractivity contribution in [2.75, 3.05) is 13.7 Å². The van der Waals surface area contributed by atoms with Crippen LogP contribution in [0.3, 0.4) is 0 Å². The van der Waals surface area contributed by atoms with Gasteiger partial charge in [-0.25, -0.2) is 0 Å². The predicted octanol–water partition coefficient (Wildman–Crippen LogP) is 1.27. The molecule has 0 saturated heterocycles. The molecule has 0 unspecified atom stereocenters. The normalized spacial score (nSPS) is 12.4. The van der Waals surface area contributed by atoms with E-state index in [0.717, 1.165) is 22.5 Å². The standard InChI is InChI=1S/C16H21N3O3/c1-10-4-5-12(7-14(10)16(17)21)15-6-11(2)19(18-15)8-13(20)9-22-3/h4-7,13,20H,8-9H2,1-3H3,(H2,17,21)/t13-/m0/s1. The van der Waals surface area contributed by atoms with Crippen molar-refractivity contribution in [3.05, 3.63) is 41.1 Å². The van der Waals surface area contributed by atoms with Crippen LogP contribution in [0.2, 0.25) is 0 Å². The number of carbonyl (C=O) groups excluding carboxylic acids is 1. The summed E-state index contributed by atoms with van der Waals surface area (Å²) in [5.74, 6) is -0.453. The molecule has 6 nitrogen and oxygen atoms in total. The van der Waals surface area contributed by atoms with Crippen LogP contribution in [0.4, 0.5) is 0 Å². The van der Waals surface area contributed by atoms with Crippen molar-refractivity contribution in [2.45, 2.75) is 26.5 Å². The first-order valence-corrected chi connectivity index (χ1v) is 7.04. The number of amides is 1. The maximum Gasteiger partial charge on any atom is 0.248 e. The van der Waals surface area contributed by atoms with Gasteiger partial charge in [-0.1, -0.05) is 12.1 Å². The SMILES string of the molecule is COC[C@@H](O)Cn1nc(-c2ccc(C)c(C(N)=O)c2)cc1C. The number of aryl methyl sites for hydroxylation is 2. The lowest BCUT2D eigenvalue weighted by Crippen LogP contribution is -2.22. The molecule has 118 valence electrons. The highest BCUT2D eigenvalue weighted by Gasteiger charge is 2.13. The summed E-state index contributed by atoms with van der Waals surface area (Å²) >= 11 is 0. The van der Waals surface area contributed by atoms with Crippen molar-refractivity contribution >= 4 is 5.91 Å². The van der Waals surface area contributed by atoms with E-state index in [1.54, 1.807) is 17.9 Å². The molecule has 6 heteroatoms. The third-order valence-electron chi connectivity index (χ3n) is 3.52. The second kappa shape index (κ2) is 6.72. The average Bonchev–Trinajstić information content (AvgIpc) is 2.80. The molecule has 0 saturated carbocycles. The Labute approximate surface area is 129 Å². The highest BCUT2D eigenvalue weighted by Crippen LogP contribution is 2.22. The molecular formula is C16H21N3O3. The number of aliphatic hydroxyl groups is 1. The minimum Gasteiger partial charge on any atom is -0.389 e. The zero-order valence-corrected chi connectivity index (χ0v) is 13.0. The Morgan fingerprint density at radius 3 is 2.77 bits per heavy atom. The maximum atomic E-state index is 11.4. The van der Waals surface area contributed by atoms with Crippen LogP contribution in [-0.4, -0.2) is 40.6 Å². The monoisotopic (exact) mass is 303 g/mol. The number of hydrogen-bond acceptors (Lipinski definition) is 4. The number of primary amides is 1. The molecule has 1 heterocycles. The van der Waals surface area contributed by atoms with Crippen LogP contribution in [0.15, 0.2) is 24.3 Å². The van der Waals surface area contributed by atoms with Gasteiger partial charge in [-0.3, -0.25) is 9.48 Å². The Hall–Kier alpha value is -2.18. The van der Waals surface area contributed by atoms with E-state index in [4.69, 9.17) is 10.5 Å². The fraction of sp³-hybridized carbons (Fsp3) is 0.375. The minimum atomic E-state index is -0.615. The average molecular weight is 303 g/mol. The van der Waals surface area contributed by atoms with Gasteiger partial charge in [-0.05, 0) is 31.5 Å². The van der Waals surface area contributed by atoms with Gasteiger partial charge >= 0.3 is 0 Å². The molecule has 0 bridgehead atoms. The predicted molar refractivity (Wildman–Crippen MR) is 83.5 cm³/mol. The molecule has 0 spiro atoms. The summed E-state index contributed by atoms with van der Waals surface area (Å²) in [4.78, 5) is 11.4. The van der Waals surface area contributed by atoms with Gasteiger partial charge in [0.2, 0.25) is 5.91 Å². The zero-order valence-electron chi connectivity index (χ0n) is 13.0. The first-order valence-electron chi connectivity index (χ1n) is 7.04. The molecule has 0 radical (unpaired) electrons. The Kier molecular flexibility index (Phi) is 4.95. The van der Waals surface area contributed by atoms with Gasteiger partial charge in [0, 0.05) is 23.9 Å². The van der Waals surface area contributed by atoms with Crippen molar-refractivity contribution in [2.24, 2.45) is 5.73 Å². The third kappa shape index (κ3) is 3.52. The number of hydrogen-bond donors (Lipinski definition) is 2. The van der Waals surface area contributed by atoms with Gasteiger partial charge in [0.1, 0.15) is 0 Å². The van der Waals surface area contributed by atoms with Gasteiger partial charge in [0.25, 0.3) is 0 Å². The van der Waals surface area contributed by atoms with Crippen molar-refractivity contribution in [1.29, 1.82) is 0 Å². The van der Waals surface area contributed by atoms with Crippen LogP contribution in [0.25, 0.3) is 11.3 Å². The van der Waals surface area contributed by atoms with Gasteiger partial charge < -0.3 is 15.6 Å². The van der Waals surface area contributed by atoms with Crippen LogP contribution in [0.1, 0.15) is 21.6 Å². The topological polar surface area (TPSA) is 90.4 Å². The second-order valence-electron chi connectivity index (χ2n) is 5.36. The third-order valence-corrected chi connectivity index (χ3v) is 3.52. The zero-order chi connectivity index (χ0) is 16.3.